The minimum atomic E-state index is 0. The van der Waals surface area contributed by atoms with Crippen LogP contribution in [0.2, 0.25) is 0 Å². The predicted octanol–water partition coefficient (Wildman–Crippen LogP) is 2.72. The molecule has 2 aromatic rings. The number of imidazole rings is 1. The molecule has 1 aromatic carbocycles. The van der Waals surface area contributed by atoms with Gasteiger partial charge in [0.1, 0.15) is 5.82 Å². The van der Waals surface area contributed by atoms with Gasteiger partial charge in [0.2, 0.25) is 0 Å². The molecule has 0 amide bonds. The average molecular weight is 489 g/mol. The molecule has 27 heavy (non-hydrogen) atoms. The molecule has 1 heterocycles. The largest absolute Gasteiger partial charge is 0.382 e. The third kappa shape index (κ3) is 9.39. The molecular weight excluding hydrogens is 457 g/mol. The van der Waals surface area contributed by atoms with Gasteiger partial charge >= 0.3 is 0 Å². The molecule has 0 bridgehead atoms. The second kappa shape index (κ2) is 14.6. The number of methoxy groups -OCH3 is 1. The number of aromatic nitrogens is 2. The van der Waals surface area contributed by atoms with Crippen molar-refractivity contribution in [3.8, 4) is 0 Å². The van der Waals surface area contributed by atoms with Gasteiger partial charge in [-0.15, -0.1) is 24.0 Å². The van der Waals surface area contributed by atoms with E-state index >= 15 is 0 Å². The quantitative estimate of drug-likeness (QED) is 0.185. The van der Waals surface area contributed by atoms with Crippen LogP contribution in [0.4, 0.5) is 0 Å². The Balaban J connectivity index is 0.00000364. The van der Waals surface area contributed by atoms with Crippen molar-refractivity contribution >= 4 is 41.0 Å². The van der Waals surface area contributed by atoms with Gasteiger partial charge in [0.05, 0.1) is 24.2 Å². The number of rotatable bonds is 12. The van der Waals surface area contributed by atoms with Crippen molar-refractivity contribution in [1.82, 2.24) is 20.6 Å². The zero-order valence-electron chi connectivity index (χ0n) is 16.3. The van der Waals surface area contributed by atoms with Crippen molar-refractivity contribution in [2.45, 2.75) is 26.2 Å². The van der Waals surface area contributed by atoms with Crippen molar-refractivity contribution < 1.29 is 9.47 Å². The fourth-order valence-electron chi connectivity index (χ4n) is 2.53. The van der Waals surface area contributed by atoms with Crippen LogP contribution in [-0.4, -0.2) is 62.5 Å². The molecule has 0 radical (unpaired) electrons. The molecule has 1 aromatic heterocycles. The van der Waals surface area contributed by atoms with Crippen LogP contribution >= 0.6 is 24.0 Å². The molecule has 3 N–H and O–H groups in total. The molecule has 0 saturated carbocycles. The monoisotopic (exact) mass is 489 g/mol. The van der Waals surface area contributed by atoms with Crippen molar-refractivity contribution in [1.29, 1.82) is 0 Å². The molecule has 0 saturated heterocycles. The highest BCUT2D eigenvalue weighted by molar-refractivity contribution is 14.0. The van der Waals surface area contributed by atoms with E-state index in [1.165, 1.54) is 0 Å². The number of hydrogen-bond donors (Lipinski definition) is 3. The van der Waals surface area contributed by atoms with E-state index in [2.05, 4.69) is 38.6 Å². The SMILES string of the molecule is CCNC(=NCCCc1nc2ccccc2[nH]1)NCCCOCCOC.I. The number of benzene rings is 1. The standard InChI is InChI=1S/C19H31N5O2.HI/c1-3-20-19(22-12-7-13-26-15-14-25-2)21-11-6-10-18-23-16-8-4-5-9-17(16)24-18;/h4-5,8-9H,3,6-7,10-15H2,1-2H3,(H,23,24)(H2,20,21,22);1H. The van der Waals surface area contributed by atoms with Gasteiger partial charge in [-0.05, 0) is 31.9 Å². The van der Waals surface area contributed by atoms with Crippen LogP contribution in [0.3, 0.4) is 0 Å². The first-order valence-corrected chi connectivity index (χ1v) is 9.36. The molecule has 0 atom stereocenters. The van der Waals surface area contributed by atoms with Gasteiger partial charge < -0.3 is 25.1 Å². The molecule has 0 aliphatic heterocycles. The Morgan fingerprint density at radius 2 is 2.00 bits per heavy atom. The van der Waals surface area contributed by atoms with Crippen LogP contribution in [0, 0.1) is 0 Å². The lowest BCUT2D eigenvalue weighted by molar-refractivity contribution is 0.0698. The highest BCUT2D eigenvalue weighted by Gasteiger charge is 2.02. The van der Waals surface area contributed by atoms with Crippen molar-refractivity contribution in [3.05, 3.63) is 30.1 Å². The molecule has 0 aliphatic carbocycles. The molecular formula is C19H32IN5O2. The zero-order valence-corrected chi connectivity index (χ0v) is 18.6. The van der Waals surface area contributed by atoms with E-state index in [0.717, 1.165) is 68.3 Å². The average Bonchev–Trinajstić information content (AvgIpc) is 3.07. The van der Waals surface area contributed by atoms with Crippen LogP contribution in [0.25, 0.3) is 11.0 Å². The first-order valence-electron chi connectivity index (χ1n) is 9.36. The third-order valence-electron chi connectivity index (χ3n) is 3.81. The maximum absolute atomic E-state index is 5.45. The molecule has 8 heteroatoms. The zero-order chi connectivity index (χ0) is 18.5. The normalized spacial score (nSPS) is 11.4. The Kier molecular flexibility index (Phi) is 12.8. The number of fused-ring (bicyclic) bond motifs is 1. The molecule has 7 nitrogen and oxygen atoms in total. The summed E-state index contributed by atoms with van der Waals surface area (Å²) in [6.07, 6.45) is 2.79. The first kappa shape index (κ1) is 23.6. The number of aryl methyl sites for hydroxylation is 1. The number of hydrogen-bond acceptors (Lipinski definition) is 4. The molecule has 152 valence electrons. The summed E-state index contributed by atoms with van der Waals surface area (Å²) in [7, 11) is 1.68. The van der Waals surface area contributed by atoms with Gasteiger partial charge in [-0.25, -0.2) is 4.98 Å². The van der Waals surface area contributed by atoms with E-state index in [0.29, 0.717) is 13.2 Å². The number of nitrogens with zero attached hydrogens (tertiary/aromatic N) is 2. The molecule has 0 unspecified atom stereocenters. The summed E-state index contributed by atoms with van der Waals surface area (Å²) in [6, 6.07) is 8.11. The Morgan fingerprint density at radius 1 is 1.15 bits per heavy atom. The second-order valence-corrected chi connectivity index (χ2v) is 5.95. The van der Waals surface area contributed by atoms with Gasteiger partial charge in [0.15, 0.2) is 5.96 Å². The summed E-state index contributed by atoms with van der Waals surface area (Å²) < 4.78 is 10.4. The maximum Gasteiger partial charge on any atom is 0.191 e. The highest BCUT2D eigenvalue weighted by atomic mass is 127. The van der Waals surface area contributed by atoms with E-state index in [4.69, 9.17) is 9.47 Å². The molecule has 0 fully saturated rings. The number of aliphatic imine (C=N–C) groups is 1. The lowest BCUT2D eigenvalue weighted by atomic mass is 10.3. The van der Waals surface area contributed by atoms with E-state index in [1.807, 2.05) is 18.2 Å². The minimum absolute atomic E-state index is 0. The van der Waals surface area contributed by atoms with Gasteiger partial charge in [-0.1, -0.05) is 12.1 Å². The van der Waals surface area contributed by atoms with E-state index in [1.54, 1.807) is 7.11 Å². The van der Waals surface area contributed by atoms with Crippen LogP contribution in [0.1, 0.15) is 25.6 Å². The highest BCUT2D eigenvalue weighted by Crippen LogP contribution is 2.11. The van der Waals surface area contributed by atoms with E-state index in [-0.39, 0.29) is 24.0 Å². The van der Waals surface area contributed by atoms with Gasteiger partial charge in [0, 0.05) is 39.8 Å². The smallest absolute Gasteiger partial charge is 0.191 e. The lowest BCUT2D eigenvalue weighted by Gasteiger charge is -2.11. The number of para-hydroxylation sites is 2. The molecule has 0 aliphatic rings. The Morgan fingerprint density at radius 3 is 2.78 bits per heavy atom. The third-order valence-corrected chi connectivity index (χ3v) is 3.81. The van der Waals surface area contributed by atoms with Crippen molar-refractivity contribution in [2.24, 2.45) is 4.99 Å². The summed E-state index contributed by atoms with van der Waals surface area (Å²) in [4.78, 5) is 12.6. The van der Waals surface area contributed by atoms with Gasteiger partial charge in [-0.2, -0.15) is 0 Å². The molecule has 2 rings (SSSR count). The first-order chi connectivity index (χ1) is 12.8. The fourth-order valence-corrected chi connectivity index (χ4v) is 2.53. The lowest BCUT2D eigenvalue weighted by Crippen LogP contribution is -2.38. The summed E-state index contributed by atoms with van der Waals surface area (Å²) in [5.41, 5.74) is 2.11. The fraction of sp³-hybridized carbons (Fsp3) is 0.579. The van der Waals surface area contributed by atoms with Crippen molar-refractivity contribution in [3.63, 3.8) is 0 Å². The number of aromatic amines is 1. The maximum atomic E-state index is 5.45. The number of H-pyrrole nitrogens is 1. The van der Waals surface area contributed by atoms with Crippen molar-refractivity contribution in [2.75, 3.05) is 46.6 Å². The minimum Gasteiger partial charge on any atom is -0.382 e. The molecule has 0 spiro atoms. The van der Waals surface area contributed by atoms with Gasteiger partial charge in [-0.3, -0.25) is 4.99 Å². The van der Waals surface area contributed by atoms with Crippen LogP contribution in [-0.2, 0) is 15.9 Å². The predicted molar refractivity (Wildman–Crippen MR) is 121 cm³/mol. The second-order valence-electron chi connectivity index (χ2n) is 5.95. The Labute approximate surface area is 178 Å². The Bertz CT molecular complexity index is 629. The topological polar surface area (TPSA) is 83.6 Å². The van der Waals surface area contributed by atoms with Crippen LogP contribution < -0.4 is 10.6 Å². The van der Waals surface area contributed by atoms with Crippen LogP contribution in [0.5, 0.6) is 0 Å². The number of ether oxygens (including phenoxy) is 2. The number of halogens is 1. The van der Waals surface area contributed by atoms with E-state index in [9.17, 15) is 0 Å². The Hall–Kier alpha value is -1.39. The summed E-state index contributed by atoms with van der Waals surface area (Å²) in [6.45, 7) is 6.52. The van der Waals surface area contributed by atoms with Crippen LogP contribution in [0.15, 0.2) is 29.3 Å². The summed E-state index contributed by atoms with van der Waals surface area (Å²) in [5.74, 6) is 1.88. The number of nitrogens with one attached hydrogen (secondary N) is 3. The summed E-state index contributed by atoms with van der Waals surface area (Å²) >= 11 is 0. The van der Waals surface area contributed by atoms with Gasteiger partial charge in [0.25, 0.3) is 0 Å². The van der Waals surface area contributed by atoms with E-state index < -0.39 is 0 Å². The number of guanidine groups is 1. The summed E-state index contributed by atoms with van der Waals surface area (Å²) in [5, 5.41) is 6.60.